The molecule has 1 fully saturated rings. The summed E-state index contributed by atoms with van der Waals surface area (Å²) in [6.07, 6.45) is 1.65. The lowest BCUT2D eigenvalue weighted by atomic mass is 9.89. The molecule has 1 aliphatic heterocycles. The number of nitrogens with one attached hydrogen (secondary N) is 1. The molecule has 100 valence electrons. The molecule has 1 aromatic carbocycles. The average Bonchev–Trinajstić information content (AvgIpc) is 2.78. The summed E-state index contributed by atoms with van der Waals surface area (Å²) in [6, 6.07) is 4.47. The molecule has 0 atom stereocenters. The number of ether oxygens (including phenoxy) is 1. The number of amides is 1. The number of aromatic amines is 1. The molecule has 4 nitrogen and oxygen atoms in total. The Kier molecular flexibility index (Phi) is 2.98. The number of fused-ring (bicyclic) bond motifs is 1. The molecule has 2 heterocycles. The van der Waals surface area contributed by atoms with Crippen molar-refractivity contribution in [2.75, 3.05) is 13.2 Å². The van der Waals surface area contributed by atoms with Crippen molar-refractivity contribution in [2.24, 2.45) is 5.73 Å². The number of aromatic nitrogens is 1. The van der Waals surface area contributed by atoms with E-state index in [1.54, 1.807) is 6.07 Å². The second-order valence-electron chi connectivity index (χ2n) is 4.85. The van der Waals surface area contributed by atoms with Crippen LogP contribution in [0.4, 0.5) is 4.39 Å². The van der Waals surface area contributed by atoms with Gasteiger partial charge in [-0.3, -0.25) is 4.79 Å². The topological polar surface area (TPSA) is 68.1 Å². The van der Waals surface area contributed by atoms with Gasteiger partial charge in [-0.1, -0.05) is 0 Å². The molecule has 0 radical (unpaired) electrons. The Bertz CT molecular complexity index is 630. The van der Waals surface area contributed by atoms with Gasteiger partial charge in [0.25, 0.3) is 5.91 Å². The number of carbonyl (C=O) groups excluding carboxylic acids is 1. The van der Waals surface area contributed by atoms with Crippen molar-refractivity contribution in [2.45, 2.75) is 18.8 Å². The van der Waals surface area contributed by atoms with Gasteiger partial charge in [-0.05, 0) is 42.5 Å². The highest BCUT2D eigenvalue weighted by molar-refractivity contribution is 6.00. The highest BCUT2D eigenvalue weighted by Gasteiger charge is 2.25. The number of nitrogens with two attached hydrogens (primary N) is 1. The van der Waals surface area contributed by atoms with Gasteiger partial charge in [-0.15, -0.1) is 0 Å². The predicted molar refractivity (Wildman–Crippen MR) is 69.6 cm³/mol. The summed E-state index contributed by atoms with van der Waals surface area (Å²) in [7, 11) is 0. The lowest BCUT2D eigenvalue weighted by Gasteiger charge is -2.22. The third-order valence-electron chi connectivity index (χ3n) is 3.68. The van der Waals surface area contributed by atoms with E-state index in [4.69, 9.17) is 10.5 Å². The first-order valence-electron chi connectivity index (χ1n) is 6.35. The fraction of sp³-hybridized carbons (Fsp3) is 0.357. The van der Waals surface area contributed by atoms with Gasteiger partial charge < -0.3 is 15.5 Å². The normalized spacial score (nSPS) is 16.9. The molecule has 1 aliphatic rings. The van der Waals surface area contributed by atoms with E-state index in [2.05, 4.69) is 4.98 Å². The van der Waals surface area contributed by atoms with Crippen molar-refractivity contribution in [1.29, 1.82) is 0 Å². The van der Waals surface area contributed by atoms with Crippen molar-refractivity contribution in [3.63, 3.8) is 0 Å². The maximum Gasteiger partial charge on any atom is 0.265 e. The Morgan fingerprint density at radius 3 is 2.79 bits per heavy atom. The van der Waals surface area contributed by atoms with Crippen molar-refractivity contribution >= 4 is 16.8 Å². The smallest absolute Gasteiger partial charge is 0.265 e. The van der Waals surface area contributed by atoms with E-state index < -0.39 is 5.91 Å². The largest absolute Gasteiger partial charge is 0.381 e. The molecule has 2 aromatic rings. The number of hydrogen-bond donors (Lipinski definition) is 2. The highest BCUT2D eigenvalue weighted by Crippen LogP contribution is 2.35. The van der Waals surface area contributed by atoms with E-state index in [-0.39, 0.29) is 11.7 Å². The van der Waals surface area contributed by atoms with Gasteiger partial charge >= 0.3 is 0 Å². The van der Waals surface area contributed by atoms with Gasteiger partial charge in [0.1, 0.15) is 11.5 Å². The minimum atomic E-state index is -0.502. The highest BCUT2D eigenvalue weighted by atomic mass is 19.1. The van der Waals surface area contributed by atoms with E-state index in [0.717, 1.165) is 29.3 Å². The Hall–Kier alpha value is -1.88. The molecule has 5 heteroatoms. The summed E-state index contributed by atoms with van der Waals surface area (Å²) in [5.74, 6) is -0.624. The molecule has 1 saturated heterocycles. The fourth-order valence-electron chi connectivity index (χ4n) is 2.79. The number of halogens is 1. The van der Waals surface area contributed by atoms with Crippen LogP contribution in [0.15, 0.2) is 18.2 Å². The van der Waals surface area contributed by atoms with E-state index in [9.17, 15) is 9.18 Å². The van der Waals surface area contributed by atoms with E-state index in [1.165, 1.54) is 12.1 Å². The Morgan fingerprint density at radius 1 is 1.37 bits per heavy atom. The minimum absolute atomic E-state index is 0.187. The van der Waals surface area contributed by atoms with Gasteiger partial charge in [0.15, 0.2) is 0 Å². The van der Waals surface area contributed by atoms with Crippen LogP contribution in [0.3, 0.4) is 0 Å². The minimum Gasteiger partial charge on any atom is -0.381 e. The molecule has 0 aliphatic carbocycles. The molecular formula is C14H15FN2O2. The molecule has 0 unspecified atom stereocenters. The number of primary amides is 1. The van der Waals surface area contributed by atoms with Crippen LogP contribution in [0, 0.1) is 5.82 Å². The summed E-state index contributed by atoms with van der Waals surface area (Å²) < 4.78 is 18.8. The molecule has 19 heavy (non-hydrogen) atoms. The van der Waals surface area contributed by atoms with Crippen molar-refractivity contribution in [3.05, 3.63) is 35.3 Å². The summed E-state index contributed by atoms with van der Waals surface area (Å²) in [6.45, 7) is 1.32. The van der Waals surface area contributed by atoms with Gasteiger partial charge in [0, 0.05) is 24.1 Å². The van der Waals surface area contributed by atoms with E-state index in [0.29, 0.717) is 18.9 Å². The molecule has 3 N–H and O–H groups in total. The number of H-pyrrole nitrogens is 1. The van der Waals surface area contributed by atoms with Crippen LogP contribution in [0.2, 0.25) is 0 Å². The number of benzene rings is 1. The Morgan fingerprint density at radius 2 is 2.11 bits per heavy atom. The van der Waals surface area contributed by atoms with Gasteiger partial charge in [-0.25, -0.2) is 4.39 Å². The molecule has 1 aromatic heterocycles. The van der Waals surface area contributed by atoms with Crippen LogP contribution < -0.4 is 5.73 Å². The van der Waals surface area contributed by atoms with Crippen LogP contribution in [-0.2, 0) is 4.74 Å². The van der Waals surface area contributed by atoms with E-state index in [1.807, 2.05) is 0 Å². The van der Waals surface area contributed by atoms with Crippen LogP contribution in [0.25, 0.3) is 10.9 Å². The van der Waals surface area contributed by atoms with Gasteiger partial charge in [0.2, 0.25) is 0 Å². The zero-order chi connectivity index (χ0) is 13.4. The summed E-state index contributed by atoms with van der Waals surface area (Å²) in [5, 5.41) is 0.751. The van der Waals surface area contributed by atoms with Crippen molar-refractivity contribution in [3.8, 4) is 0 Å². The summed E-state index contributed by atoms with van der Waals surface area (Å²) >= 11 is 0. The second kappa shape index (κ2) is 4.66. The van der Waals surface area contributed by atoms with Gasteiger partial charge in [0.05, 0.1) is 0 Å². The van der Waals surface area contributed by atoms with Crippen LogP contribution in [0.5, 0.6) is 0 Å². The van der Waals surface area contributed by atoms with Crippen molar-refractivity contribution < 1.29 is 13.9 Å². The standard InChI is InChI=1S/C14H15FN2O2/c15-9-1-2-11-10(7-9)12(13(17-11)14(16)18)8-3-5-19-6-4-8/h1-2,7-8,17H,3-6H2,(H2,16,18). The number of carbonyl (C=O) groups is 1. The lowest BCUT2D eigenvalue weighted by Crippen LogP contribution is -2.19. The van der Waals surface area contributed by atoms with Crippen LogP contribution >= 0.6 is 0 Å². The predicted octanol–water partition coefficient (Wildman–Crippen LogP) is 2.30. The molecule has 1 amide bonds. The molecule has 0 spiro atoms. The van der Waals surface area contributed by atoms with Gasteiger partial charge in [-0.2, -0.15) is 0 Å². The fourth-order valence-corrected chi connectivity index (χ4v) is 2.79. The Balaban J connectivity index is 2.20. The maximum absolute atomic E-state index is 13.4. The quantitative estimate of drug-likeness (QED) is 0.872. The molecular weight excluding hydrogens is 247 g/mol. The summed E-state index contributed by atoms with van der Waals surface area (Å²) in [4.78, 5) is 14.6. The zero-order valence-corrected chi connectivity index (χ0v) is 10.4. The first-order valence-corrected chi connectivity index (χ1v) is 6.35. The second-order valence-corrected chi connectivity index (χ2v) is 4.85. The monoisotopic (exact) mass is 262 g/mol. The van der Waals surface area contributed by atoms with Crippen molar-refractivity contribution in [1.82, 2.24) is 4.98 Å². The summed E-state index contributed by atoms with van der Waals surface area (Å²) in [5.41, 5.74) is 7.41. The van der Waals surface area contributed by atoms with Crippen LogP contribution in [0.1, 0.15) is 34.8 Å². The average molecular weight is 262 g/mol. The van der Waals surface area contributed by atoms with Crippen LogP contribution in [-0.4, -0.2) is 24.1 Å². The lowest BCUT2D eigenvalue weighted by molar-refractivity contribution is 0.0847. The van der Waals surface area contributed by atoms with E-state index >= 15 is 0 Å². The molecule has 3 rings (SSSR count). The first kappa shape index (κ1) is 12.2. The first-order chi connectivity index (χ1) is 9.16. The Labute approximate surface area is 109 Å². The zero-order valence-electron chi connectivity index (χ0n) is 10.4. The third kappa shape index (κ3) is 2.10. The number of hydrogen-bond acceptors (Lipinski definition) is 2. The maximum atomic E-state index is 13.4. The molecule has 0 saturated carbocycles. The third-order valence-corrected chi connectivity index (χ3v) is 3.68. The molecule has 0 bridgehead atoms. The SMILES string of the molecule is NC(=O)c1[nH]c2ccc(F)cc2c1C1CCOCC1. The number of rotatable bonds is 2.